The number of hydrogen-bond acceptors (Lipinski definition) is 4. The van der Waals surface area contributed by atoms with Gasteiger partial charge >= 0.3 is 5.97 Å². The molecule has 2 rings (SSSR count). The summed E-state index contributed by atoms with van der Waals surface area (Å²) < 4.78 is 5.73. The van der Waals surface area contributed by atoms with Gasteiger partial charge in [0.1, 0.15) is 0 Å². The number of aryl methyl sites for hydroxylation is 1. The highest BCUT2D eigenvalue weighted by Crippen LogP contribution is 2.21. The number of carboxylic acids is 1. The summed E-state index contributed by atoms with van der Waals surface area (Å²) in [5.41, 5.74) is 2.15. The third-order valence-corrected chi connectivity index (χ3v) is 3.30. The second-order valence-electron chi connectivity index (χ2n) is 5.38. The second-order valence-corrected chi connectivity index (χ2v) is 5.38. The van der Waals surface area contributed by atoms with E-state index in [1.54, 1.807) is 11.1 Å². The number of aromatic nitrogens is 1. The van der Waals surface area contributed by atoms with Crippen molar-refractivity contribution >= 4 is 5.97 Å². The van der Waals surface area contributed by atoms with Crippen molar-refractivity contribution in [3.63, 3.8) is 0 Å². The van der Waals surface area contributed by atoms with E-state index in [2.05, 4.69) is 4.98 Å². The number of oxazole rings is 1. The smallest absolute Gasteiger partial charge is 0.317 e. The highest BCUT2D eigenvalue weighted by molar-refractivity contribution is 5.69. The van der Waals surface area contributed by atoms with Crippen molar-refractivity contribution in [1.82, 2.24) is 9.88 Å². The van der Waals surface area contributed by atoms with Gasteiger partial charge in [-0.2, -0.15) is 0 Å². The Morgan fingerprint density at radius 1 is 1.33 bits per heavy atom. The van der Waals surface area contributed by atoms with Gasteiger partial charge in [0, 0.05) is 11.6 Å². The molecule has 0 radical (unpaired) electrons. The number of nitrogens with zero attached hydrogens (tertiary/aromatic N) is 2. The minimum atomic E-state index is -0.853. The van der Waals surface area contributed by atoms with Crippen LogP contribution in [-0.4, -0.2) is 33.5 Å². The number of aliphatic carboxylic acids is 1. The van der Waals surface area contributed by atoms with Crippen LogP contribution in [0.1, 0.15) is 25.3 Å². The van der Waals surface area contributed by atoms with Crippen LogP contribution in [0.4, 0.5) is 0 Å². The molecule has 21 heavy (non-hydrogen) atoms. The first-order valence-electron chi connectivity index (χ1n) is 6.93. The van der Waals surface area contributed by atoms with E-state index >= 15 is 0 Å². The zero-order chi connectivity index (χ0) is 15.4. The first-order valence-corrected chi connectivity index (χ1v) is 6.93. The molecule has 0 fully saturated rings. The summed E-state index contributed by atoms with van der Waals surface area (Å²) in [5.74, 6) is 0.374. The topological polar surface area (TPSA) is 66.6 Å². The zero-order valence-corrected chi connectivity index (χ0v) is 12.5. The van der Waals surface area contributed by atoms with Crippen LogP contribution in [0.3, 0.4) is 0 Å². The molecule has 0 saturated heterocycles. The zero-order valence-electron chi connectivity index (χ0n) is 12.5. The fourth-order valence-corrected chi connectivity index (χ4v) is 2.00. The molecule has 0 saturated carbocycles. The summed E-state index contributed by atoms with van der Waals surface area (Å²) in [5, 5.41) is 8.93. The molecule has 0 amide bonds. The van der Waals surface area contributed by atoms with Gasteiger partial charge in [-0.05, 0) is 20.8 Å². The number of carboxylic acid groups (broad SMARTS) is 1. The van der Waals surface area contributed by atoms with Crippen molar-refractivity contribution in [3.8, 4) is 11.3 Å². The molecule has 0 aliphatic heterocycles. The Kier molecular flexibility index (Phi) is 4.75. The van der Waals surface area contributed by atoms with Crippen molar-refractivity contribution < 1.29 is 14.3 Å². The van der Waals surface area contributed by atoms with Gasteiger partial charge in [0.15, 0.2) is 5.76 Å². The van der Waals surface area contributed by atoms with Crippen LogP contribution in [-0.2, 0) is 11.3 Å². The largest absolute Gasteiger partial charge is 0.480 e. The van der Waals surface area contributed by atoms with E-state index in [9.17, 15) is 4.79 Å². The summed E-state index contributed by atoms with van der Waals surface area (Å²) in [6.07, 6.45) is 1.68. The standard InChI is InChI=1S/C16H20N2O3/c1-11(2)18(10-16(19)20)9-15-17-8-14(21-15)13-6-4-12(3)5-7-13/h4-8,11H,9-10H2,1-3H3,(H,19,20). The molecule has 0 spiro atoms. The predicted molar refractivity (Wildman–Crippen MR) is 79.9 cm³/mol. The van der Waals surface area contributed by atoms with Crippen LogP contribution in [0, 0.1) is 6.92 Å². The van der Waals surface area contributed by atoms with Gasteiger partial charge in [-0.25, -0.2) is 4.98 Å². The van der Waals surface area contributed by atoms with Crippen LogP contribution in [0.2, 0.25) is 0 Å². The first kappa shape index (κ1) is 15.3. The van der Waals surface area contributed by atoms with Gasteiger partial charge in [-0.3, -0.25) is 9.69 Å². The van der Waals surface area contributed by atoms with E-state index < -0.39 is 5.97 Å². The van der Waals surface area contributed by atoms with Crippen molar-refractivity contribution in [2.75, 3.05) is 6.54 Å². The minimum Gasteiger partial charge on any atom is -0.480 e. The summed E-state index contributed by atoms with van der Waals surface area (Å²) >= 11 is 0. The third kappa shape index (κ3) is 4.16. The van der Waals surface area contributed by atoms with E-state index in [1.807, 2.05) is 45.0 Å². The van der Waals surface area contributed by atoms with E-state index in [0.717, 1.165) is 5.56 Å². The van der Waals surface area contributed by atoms with Gasteiger partial charge in [0.2, 0.25) is 5.89 Å². The average molecular weight is 288 g/mol. The first-order chi connectivity index (χ1) is 9.95. The Hall–Kier alpha value is -2.14. The SMILES string of the molecule is Cc1ccc(-c2cnc(CN(CC(=O)O)C(C)C)o2)cc1. The molecule has 1 aromatic heterocycles. The van der Waals surface area contributed by atoms with Crippen molar-refractivity contribution in [2.45, 2.75) is 33.4 Å². The number of benzene rings is 1. The molecule has 0 aliphatic rings. The van der Waals surface area contributed by atoms with Crippen LogP contribution in [0.25, 0.3) is 11.3 Å². The molecule has 0 unspecified atom stereocenters. The van der Waals surface area contributed by atoms with Crippen molar-refractivity contribution in [3.05, 3.63) is 41.9 Å². The maximum Gasteiger partial charge on any atom is 0.317 e. The fraction of sp³-hybridized carbons (Fsp3) is 0.375. The molecule has 0 atom stereocenters. The van der Waals surface area contributed by atoms with E-state index in [-0.39, 0.29) is 12.6 Å². The summed E-state index contributed by atoms with van der Waals surface area (Å²) in [4.78, 5) is 16.9. The fourth-order valence-electron chi connectivity index (χ4n) is 2.00. The monoisotopic (exact) mass is 288 g/mol. The highest BCUT2D eigenvalue weighted by atomic mass is 16.4. The molecule has 5 heteroatoms. The van der Waals surface area contributed by atoms with Crippen molar-refractivity contribution in [1.29, 1.82) is 0 Å². The summed E-state index contributed by atoms with van der Waals surface area (Å²) in [6, 6.07) is 8.11. The number of hydrogen-bond donors (Lipinski definition) is 1. The lowest BCUT2D eigenvalue weighted by Gasteiger charge is -2.22. The third-order valence-electron chi connectivity index (χ3n) is 3.30. The molecule has 1 heterocycles. The molecule has 5 nitrogen and oxygen atoms in total. The lowest BCUT2D eigenvalue weighted by molar-refractivity contribution is -0.139. The highest BCUT2D eigenvalue weighted by Gasteiger charge is 2.17. The maximum absolute atomic E-state index is 10.9. The van der Waals surface area contributed by atoms with Crippen LogP contribution < -0.4 is 0 Å². The number of rotatable bonds is 6. The summed E-state index contributed by atoms with van der Waals surface area (Å²) in [7, 11) is 0. The van der Waals surface area contributed by atoms with Gasteiger partial charge in [-0.15, -0.1) is 0 Å². The molecule has 2 aromatic rings. The second kappa shape index (κ2) is 6.54. The Balaban J connectivity index is 2.11. The Morgan fingerprint density at radius 3 is 2.57 bits per heavy atom. The predicted octanol–water partition coefficient (Wildman–Crippen LogP) is 2.95. The lowest BCUT2D eigenvalue weighted by Crippen LogP contribution is -2.35. The average Bonchev–Trinajstić information content (AvgIpc) is 2.87. The van der Waals surface area contributed by atoms with Gasteiger partial charge in [0.25, 0.3) is 0 Å². The van der Waals surface area contributed by atoms with E-state index in [1.165, 1.54) is 5.56 Å². The Morgan fingerprint density at radius 2 is 2.00 bits per heavy atom. The van der Waals surface area contributed by atoms with Gasteiger partial charge < -0.3 is 9.52 Å². The number of carbonyl (C=O) groups is 1. The molecular formula is C16H20N2O3. The molecule has 0 aliphatic carbocycles. The normalized spacial score (nSPS) is 11.3. The van der Waals surface area contributed by atoms with Crippen molar-refractivity contribution in [2.24, 2.45) is 0 Å². The minimum absolute atomic E-state index is 0.0279. The summed E-state index contributed by atoms with van der Waals surface area (Å²) in [6.45, 7) is 6.29. The quantitative estimate of drug-likeness (QED) is 0.885. The molecular weight excluding hydrogens is 268 g/mol. The molecule has 1 N–H and O–H groups in total. The Labute approximate surface area is 124 Å². The molecule has 0 bridgehead atoms. The van der Waals surface area contributed by atoms with Crippen LogP contribution in [0.15, 0.2) is 34.9 Å². The Bertz CT molecular complexity index is 602. The van der Waals surface area contributed by atoms with Gasteiger partial charge in [-0.1, -0.05) is 29.8 Å². The maximum atomic E-state index is 10.9. The van der Waals surface area contributed by atoms with E-state index in [4.69, 9.17) is 9.52 Å². The van der Waals surface area contributed by atoms with Crippen LogP contribution >= 0.6 is 0 Å². The molecule has 1 aromatic carbocycles. The van der Waals surface area contributed by atoms with Crippen LogP contribution in [0.5, 0.6) is 0 Å². The van der Waals surface area contributed by atoms with Gasteiger partial charge in [0.05, 0.1) is 19.3 Å². The van der Waals surface area contributed by atoms with E-state index in [0.29, 0.717) is 18.2 Å². The molecule has 112 valence electrons. The lowest BCUT2D eigenvalue weighted by atomic mass is 10.1.